The molecule has 0 spiro atoms. The van der Waals surface area contributed by atoms with Crippen LogP contribution in [0.5, 0.6) is 0 Å². The number of thioether (sulfide) groups is 1. The summed E-state index contributed by atoms with van der Waals surface area (Å²) in [6.45, 7) is 5.56. The zero-order chi connectivity index (χ0) is 13.0. The summed E-state index contributed by atoms with van der Waals surface area (Å²) < 4.78 is 0.499. The highest BCUT2D eigenvalue weighted by atomic mass is 32.2. The molecule has 1 saturated carbocycles. The van der Waals surface area contributed by atoms with E-state index in [1.54, 1.807) is 0 Å². The first-order valence-electron chi connectivity index (χ1n) is 7.00. The van der Waals surface area contributed by atoms with Gasteiger partial charge in [-0.15, -0.1) is 0 Å². The van der Waals surface area contributed by atoms with E-state index in [1.165, 1.54) is 36.8 Å². The van der Waals surface area contributed by atoms with E-state index in [0.717, 1.165) is 6.54 Å². The number of aryl methyl sites for hydroxylation is 1. The van der Waals surface area contributed by atoms with Gasteiger partial charge in [0.25, 0.3) is 0 Å². The lowest BCUT2D eigenvalue weighted by atomic mass is 10.0. The van der Waals surface area contributed by atoms with E-state index < -0.39 is 0 Å². The molecule has 0 aliphatic heterocycles. The lowest BCUT2D eigenvalue weighted by Gasteiger charge is -2.29. The lowest BCUT2D eigenvalue weighted by molar-refractivity contribution is 0.486. The summed E-state index contributed by atoms with van der Waals surface area (Å²) >= 11 is 2.06. The molecule has 1 aromatic carbocycles. The molecule has 1 aliphatic rings. The number of rotatable bonds is 5. The van der Waals surface area contributed by atoms with E-state index in [0.29, 0.717) is 10.8 Å². The average molecular weight is 263 g/mol. The largest absolute Gasteiger partial charge is 0.309 e. The molecule has 100 valence electrons. The smallest absolute Gasteiger partial charge is 0.0292 e. The first kappa shape index (κ1) is 14.0. The maximum Gasteiger partial charge on any atom is 0.0292 e. The molecule has 1 fully saturated rings. The molecule has 1 nitrogen and oxygen atoms in total. The molecule has 0 aromatic heterocycles. The van der Waals surface area contributed by atoms with Crippen molar-refractivity contribution in [2.45, 2.75) is 50.3 Å². The van der Waals surface area contributed by atoms with E-state index in [2.05, 4.69) is 61.4 Å². The van der Waals surface area contributed by atoms with Crippen molar-refractivity contribution in [2.75, 3.05) is 12.8 Å². The highest BCUT2D eigenvalue weighted by Crippen LogP contribution is 2.39. The fourth-order valence-corrected chi connectivity index (χ4v) is 3.71. The van der Waals surface area contributed by atoms with Crippen molar-refractivity contribution in [1.82, 2.24) is 5.32 Å². The van der Waals surface area contributed by atoms with Crippen LogP contribution in [0, 0.1) is 6.92 Å². The second-order valence-electron chi connectivity index (χ2n) is 5.61. The van der Waals surface area contributed by atoms with Crippen LogP contribution in [0.4, 0.5) is 0 Å². The normalized spacial score (nSPS) is 19.9. The SMILES string of the molecule is CSC1(CNC(C)c2ccc(C)cc2)CCCC1. The molecule has 0 radical (unpaired) electrons. The summed E-state index contributed by atoms with van der Waals surface area (Å²) in [5, 5.41) is 3.73. The minimum Gasteiger partial charge on any atom is -0.309 e. The lowest BCUT2D eigenvalue weighted by Crippen LogP contribution is -2.36. The van der Waals surface area contributed by atoms with Crippen molar-refractivity contribution in [2.24, 2.45) is 0 Å². The highest BCUT2D eigenvalue weighted by Gasteiger charge is 2.32. The van der Waals surface area contributed by atoms with Crippen LogP contribution < -0.4 is 5.32 Å². The van der Waals surface area contributed by atoms with Gasteiger partial charge in [-0.2, -0.15) is 11.8 Å². The molecule has 0 bridgehead atoms. The van der Waals surface area contributed by atoms with Crippen molar-refractivity contribution in [3.05, 3.63) is 35.4 Å². The Kier molecular flexibility index (Phi) is 4.74. The van der Waals surface area contributed by atoms with Gasteiger partial charge in [-0.25, -0.2) is 0 Å². The molecule has 1 aromatic rings. The van der Waals surface area contributed by atoms with Gasteiger partial charge in [-0.1, -0.05) is 42.7 Å². The molecule has 2 rings (SSSR count). The van der Waals surface area contributed by atoms with Gasteiger partial charge in [0, 0.05) is 17.3 Å². The predicted octanol–water partition coefficient (Wildman–Crippen LogP) is 4.32. The minimum atomic E-state index is 0.454. The Morgan fingerprint density at radius 3 is 2.39 bits per heavy atom. The summed E-state index contributed by atoms with van der Waals surface area (Å²) in [5.41, 5.74) is 2.73. The Morgan fingerprint density at radius 2 is 1.83 bits per heavy atom. The Balaban J connectivity index is 1.91. The zero-order valence-electron chi connectivity index (χ0n) is 11.8. The van der Waals surface area contributed by atoms with Crippen LogP contribution in [0.2, 0.25) is 0 Å². The predicted molar refractivity (Wildman–Crippen MR) is 82.3 cm³/mol. The van der Waals surface area contributed by atoms with E-state index in [-0.39, 0.29) is 0 Å². The quantitative estimate of drug-likeness (QED) is 0.849. The zero-order valence-corrected chi connectivity index (χ0v) is 12.6. The summed E-state index contributed by atoms with van der Waals surface area (Å²) in [6.07, 6.45) is 7.83. The first-order valence-corrected chi connectivity index (χ1v) is 8.23. The van der Waals surface area contributed by atoms with Crippen LogP contribution in [0.3, 0.4) is 0 Å². The average Bonchev–Trinajstić information content (AvgIpc) is 2.86. The van der Waals surface area contributed by atoms with E-state index in [4.69, 9.17) is 0 Å². The summed E-state index contributed by atoms with van der Waals surface area (Å²) in [5.74, 6) is 0. The van der Waals surface area contributed by atoms with Crippen LogP contribution >= 0.6 is 11.8 Å². The van der Waals surface area contributed by atoms with E-state index in [9.17, 15) is 0 Å². The highest BCUT2D eigenvalue weighted by molar-refractivity contribution is 8.00. The summed E-state index contributed by atoms with van der Waals surface area (Å²) in [7, 11) is 0. The summed E-state index contributed by atoms with van der Waals surface area (Å²) in [6, 6.07) is 9.34. The first-order chi connectivity index (χ1) is 8.65. The van der Waals surface area contributed by atoms with Crippen LogP contribution in [0.25, 0.3) is 0 Å². The van der Waals surface area contributed by atoms with Crippen molar-refractivity contribution in [3.63, 3.8) is 0 Å². The van der Waals surface area contributed by atoms with Gasteiger partial charge < -0.3 is 5.32 Å². The fraction of sp³-hybridized carbons (Fsp3) is 0.625. The van der Waals surface area contributed by atoms with Gasteiger partial charge in [-0.3, -0.25) is 0 Å². The van der Waals surface area contributed by atoms with Crippen LogP contribution in [0.15, 0.2) is 24.3 Å². The summed E-state index contributed by atoms with van der Waals surface area (Å²) in [4.78, 5) is 0. The topological polar surface area (TPSA) is 12.0 Å². The van der Waals surface area contributed by atoms with Gasteiger partial charge in [0.05, 0.1) is 0 Å². The second-order valence-corrected chi connectivity index (χ2v) is 6.88. The van der Waals surface area contributed by atoms with Gasteiger partial charge >= 0.3 is 0 Å². The van der Waals surface area contributed by atoms with Crippen LogP contribution in [-0.4, -0.2) is 17.5 Å². The Hall–Kier alpha value is -0.470. The van der Waals surface area contributed by atoms with Gasteiger partial charge in [0.1, 0.15) is 0 Å². The Bertz CT molecular complexity index is 365. The molecule has 0 saturated heterocycles. The molecular weight excluding hydrogens is 238 g/mol. The number of hydrogen-bond acceptors (Lipinski definition) is 2. The molecule has 1 atom stereocenters. The molecule has 18 heavy (non-hydrogen) atoms. The van der Waals surface area contributed by atoms with Crippen LogP contribution in [0.1, 0.15) is 49.8 Å². The third-order valence-corrected chi connectivity index (χ3v) is 5.67. The molecule has 1 unspecified atom stereocenters. The number of hydrogen-bond donors (Lipinski definition) is 1. The number of nitrogens with one attached hydrogen (secondary N) is 1. The van der Waals surface area contributed by atoms with Crippen LogP contribution in [-0.2, 0) is 0 Å². The van der Waals surface area contributed by atoms with Crippen molar-refractivity contribution in [1.29, 1.82) is 0 Å². The van der Waals surface area contributed by atoms with Crippen molar-refractivity contribution in [3.8, 4) is 0 Å². The third-order valence-electron chi connectivity index (χ3n) is 4.26. The van der Waals surface area contributed by atoms with E-state index >= 15 is 0 Å². The third kappa shape index (κ3) is 3.30. The van der Waals surface area contributed by atoms with E-state index in [1.807, 2.05) is 0 Å². The maximum absolute atomic E-state index is 3.73. The van der Waals surface area contributed by atoms with Crippen molar-refractivity contribution >= 4 is 11.8 Å². The minimum absolute atomic E-state index is 0.454. The Labute approximate surface area is 116 Å². The monoisotopic (exact) mass is 263 g/mol. The van der Waals surface area contributed by atoms with Gasteiger partial charge in [0.15, 0.2) is 0 Å². The Morgan fingerprint density at radius 1 is 1.22 bits per heavy atom. The standard InChI is InChI=1S/C16H25NS/c1-13-6-8-15(9-7-13)14(2)17-12-16(18-3)10-4-5-11-16/h6-9,14,17H,4-5,10-12H2,1-3H3. The maximum atomic E-state index is 3.73. The fourth-order valence-electron chi connectivity index (χ4n) is 2.78. The molecule has 0 amide bonds. The molecule has 2 heteroatoms. The molecule has 1 N–H and O–H groups in total. The number of benzene rings is 1. The molecular formula is C16H25NS. The van der Waals surface area contributed by atoms with Gasteiger partial charge in [0.2, 0.25) is 0 Å². The second kappa shape index (κ2) is 6.12. The molecule has 1 aliphatic carbocycles. The molecule has 0 heterocycles. The van der Waals surface area contributed by atoms with Crippen molar-refractivity contribution < 1.29 is 0 Å². The van der Waals surface area contributed by atoms with Gasteiger partial charge in [-0.05, 0) is 38.5 Å².